The van der Waals surface area contributed by atoms with E-state index in [0.717, 1.165) is 5.57 Å². The number of nitrogens with two attached hydrogens (primary N) is 2. The molecule has 1 aliphatic rings. The Labute approximate surface area is 84.2 Å². The smallest absolute Gasteiger partial charge is 0.152 e. The molecule has 0 amide bonds. The molecule has 0 heterocycles. The van der Waals surface area contributed by atoms with Crippen LogP contribution >= 0.6 is 0 Å². The van der Waals surface area contributed by atoms with E-state index in [-0.39, 0.29) is 17.7 Å². The molecule has 0 saturated carbocycles. The van der Waals surface area contributed by atoms with E-state index in [2.05, 4.69) is 0 Å². The fourth-order valence-corrected chi connectivity index (χ4v) is 1.46. The average molecular weight is 192 g/mol. The van der Waals surface area contributed by atoms with Gasteiger partial charge in [-0.15, -0.1) is 0 Å². The van der Waals surface area contributed by atoms with Crippen LogP contribution < -0.4 is 11.5 Å². The molecule has 0 saturated heterocycles. The molecule has 2 unspecified atom stereocenters. The quantitative estimate of drug-likeness (QED) is 0.638. The van der Waals surface area contributed by atoms with Crippen LogP contribution in [0.2, 0.25) is 0 Å². The third kappa shape index (κ3) is 2.57. The monoisotopic (exact) mass is 192 g/mol. The van der Waals surface area contributed by atoms with Crippen molar-refractivity contribution in [1.29, 1.82) is 0 Å². The highest BCUT2D eigenvalue weighted by Gasteiger charge is 2.18. The summed E-state index contributed by atoms with van der Waals surface area (Å²) in [5.74, 6) is 0.0558. The molecule has 0 radical (unpaired) electrons. The van der Waals surface area contributed by atoms with Gasteiger partial charge in [-0.2, -0.15) is 0 Å². The molecule has 0 aliphatic heterocycles. The van der Waals surface area contributed by atoms with Gasteiger partial charge in [0.05, 0.1) is 0 Å². The van der Waals surface area contributed by atoms with Crippen LogP contribution in [0.4, 0.5) is 0 Å². The van der Waals surface area contributed by atoms with Crippen LogP contribution in [0.3, 0.4) is 0 Å². The second kappa shape index (κ2) is 4.24. The summed E-state index contributed by atoms with van der Waals surface area (Å²) in [5.41, 5.74) is 13.4. The summed E-state index contributed by atoms with van der Waals surface area (Å²) in [6.07, 6.45) is 7.07. The fourth-order valence-electron chi connectivity index (χ4n) is 1.46. The summed E-state index contributed by atoms with van der Waals surface area (Å²) in [6, 6.07) is -0.0714. The maximum Gasteiger partial charge on any atom is 0.152 e. The first-order chi connectivity index (χ1) is 6.50. The zero-order valence-corrected chi connectivity index (χ0v) is 8.53. The van der Waals surface area contributed by atoms with E-state index in [9.17, 15) is 4.79 Å². The Balaban J connectivity index is 2.81. The van der Waals surface area contributed by atoms with Gasteiger partial charge in [0.25, 0.3) is 0 Å². The maximum absolute atomic E-state index is 10.8. The zero-order valence-electron chi connectivity index (χ0n) is 8.53. The van der Waals surface area contributed by atoms with E-state index in [1.165, 1.54) is 13.0 Å². The molecule has 1 aliphatic carbocycles. The number of rotatable bonds is 2. The molecule has 76 valence electrons. The van der Waals surface area contributed by atoms with E-state index in [1.807, 2.05) is 19.1 Å². The number of hydrogen-bond acceptors (Lipinski definition) is 3. The minimum atomic E-state index is -0.0714. The van der Waals surface area contributed by atoms with E-state index in [0.29, 0.717) is 5.70 Å². The standard InChI is InChI=1S/C11H16N2O/c1-7-5-10(12)6-9(11(7)13)4-3-8(2)14/h3-6,9,11H,12-13H2,1-2H3/b4-3-. The van der Waals surface area contributed by atoms with E-state index in [1.54, 1.807) is 6.08 Å². The molecule has 2 atom stereocenters. The van der Waals surface area contributed by atoms with Gasteiger partial charge >= 0.3 is 0 Å². The molecule has 0 aromatic heterocycles. The van der Waals surface area contributed by atoms with Crippen molar-refractivity contribution in [2.75, 3.05) is 0 Å². The van der Waals surface area contributed by atoms with Crippen LogP contribution in [0, 0.1) is 5.92 Å². The summed E-state index contributed by atoms with van der Waals surface area (Å²) in [6.45, 7) is 3.46. The number of ketones is 1. The largest absolute Gasteiger partial charge is 0.399 e. The number of carbonyl (C=O) groups is 1. The predicted octanol–water partition coefficient (Wildman–Crippen LogP) is 0.878. The van der Waals surface area contributed by atoms with Crippen molar-refractivity contribution >= 4 is 5.78 Å². The SMILES string of the molecule is CC(=O)/C=C\C1C=C(N)C=C(C)C1N. The van der Waals surface area contributed by atoms with Crippen molar-refractivity contribution in [2.24, 2.45) is 17.4 Å². The summed E-state index contributed by atoms with van der Waals surface area (Å²) in [7, 11) is 0. The van der Waals surface area contributed by atoms with E-state index >= 15 is 0 Å². The van der Waals surface area contributed by atoms with Crippen LogP contribution in [0.5, 0.6) is 0 Å². The topological polar surface area (TPSA) is 69.1 Å². The van der Waals surface area contributed by atoms with Crippen LogP contribution in [-0.4, -0.2) is 11.8 Å². The summed E-state index contributed by atoms with van der Waals surface area (Å²) < 4.78 is 0. The van der Waals surface area contributed by atoms with Crippen molar-refractivity contribution in [3.8, 4) is 0 Å². The normalized spacial score (nSPS) is 27.4. The molecule has 3 heteroatoms. The molecule has 3 nitrogen and oxygen atoms in total. The maximum atomic E-state index is 10.8. The van der Waals surface area contributed by atoms with Crippen molar-refractivity contribution < 1.29 is 4.79 Å². The van der Waals surface area contributed by atoms with Gasteiger partial charge < -0.3 is 11.5 Å². The first-order valence-electron chi connectivity index (χ1n) is 4.60. The van der Waals surface area contributed by atoms with Gasteiger partial charge in [0.2, 0.25) is 0 Å². The number of carbonyl (C=O) groups excluding carboxylic acids is 1. The highest BCUT2D eigenvalue weighted by molar-refractivity contribution is 5.87. The average Bonchev–Trinajstić information content (AvgIpc) is 2.08. The Morgan fingerprint density at radius 1 is 1.57 bits per heavy atom. The summed E-state index contributed by atoms with van der Waals surface area (Å²) in [5, 5.41) is 0. The van der Waals surface area contributed by atoms with Crippen LogP contribution in [0.15, 0.2) is 35.6 Å². The second-order valence-electron chi connectivity index (χ2n) is 3.63. The minimum absolute atomic E-state index is 0.0244. The highest BCUT2D eigenvalue weighted by Crippen LogP contribution is 2.20. The Kier molecular flexibility index (Phi) is 3.25. The molecular weight excluding hydrogens is 176 g/mol. The van der Waals surface area contributed by atoms with Crippen LogP contribution in [0.25, 0.3) is 0 Å². The van der Waals surface area contributed by atoms with Crippen molar-refractivity contribution in [3.63, 3.8) is 0 Å². The van der Waals surface area contributed by atoms with Gasteiger partial charge in [-0.25, -0.2) is 0 Å². The van der Waals surface area contributed by atoms with Gasteiger partial charge in [-0.3, -0.25) is 4.79 Å². The molecule has 4 N–H and O–H groups in total. The van der Waals surface area contributed by atoms with Crippen LogP contribution in [0.1, 0.15) is 13.8 Å². The molecule has 1 rings (SSSR count). The molecule has 0 bridgehead atoms. The molecule has 0 aromatic carbocycles. The van der Waals surface area contributed by atoms with Gasteiger partial charge in [0.1, 0.15) is 0 Å². The minimum Gasteiger partial charge on any atom is -0.399 e. The lowest BCUT2D eigenvalue weighted by Crippen LogP contribution is -2.32. The lowest BCUT2D eigenvalue weighted by Gasteiger charge is -2.23. The van der Waals surface area contributed by atoms with Crippen molar-refractivity contribution in [3.05, 3.63) is 35.6 Å². The Morgan fingerprint density at radius 2 is 2.21 bits per heavy atom. The highest BCUT2D eigenvalue weighted by atomic mass is 16.1. The van der Waals surface area contributed by atoms with Crippen LogP contribution in [-0.2, 0) is 4.79 Å². The molecule has 0 fully saturated rings. The molecule has 0 spiro atoms. The van der Waals surface area contributed by atoms with Crippen molar-refractivity contribution in [1.82, 2.24) is 0 Å². The fraction of sp³-hybridized carbons (Fsp3) is 0.364. The van der Waals surface area contributed by atoms with E-state index < -0.39 is 0 Å². The number of hydrogen-bond donors (Lipinski definition) is 2. The molecular formula is C11H16N2O. The van der Waals surface area contributed by atoms with Crippen molar-refractivity contribution in [2.45, 2.75) is 19.9 Å². The lowest BCUT2D eigenvalue weighted by atomic mass is 9.88. The van der Waals surface area contributed by atoms with Gasteiger partial charge in [0.15, 0.2) is 5.78 Å². The third-order valence-electron chi connectivity index (χ3n) is 2.27. The second-order valence-corrected chi connectivity index (χ2v) is 3.63. The first-order valence-corrected chi connectivity index (χ1v) is 4.60. The van der Waals surface area contributed by atoms with Gasteiger partial charge in [0, 0.05) is 17.7 Å². The first kappa shape index (κ1) is 10.7. The number of allylic oxidation sites excluding steroid dienone is 2. The van der Waals surface area contributed by atoms with Gasteiger partial charge in [-0.1, -0.05) is 17.7 Å². The molecule has 14 heavy (non-hydrogen) atoms. The Bertz CT molecular complexity index is 326. The third-order valence-corrected chi connectivity index (χ3v) is 2.27. The zero-order chi connectivity index (χ0) is 10.7. The Morgan fingerprint density at radius 3 is 2.79 bits per heavy atom. The molecule has 0 aromatic rings. The van der Waals surface area contributed by atoms with Gasteiger partial charge in [-0.05, 0) is 26.0 Å². The Hall–Kier alpha value is -1.35. The van der Waals surface area contributed by atoms with E-state index in [4.69, 9.17) is 11.5 Å². The predicted molar refractivity (Wildman–Crippen MR) is 57.3 cm³/mol. The lowest BCUT2D eigenvalue weighted by molar-refractivity contribution is -0.112. The summed E-state index contributed by atoms with van der Waals surface area (Å²) in [4.78, 5) is 10.8. The summed E-state index contributed by atoms with van der Waals surface area (Å²) >= 11 is 0.